The molecule has 0 aliphatic heterocycles. The Bertz CT molecular complexity index is 787. The minimum atomic E-state index is -0.480. The van der Waals surface area contributed by atoms with Crippen LogP contribution in [0.4, 0.5) is 14.6 Å². The Morgan fingerprint density at radius 3 is 2.83 bits per heavy atom. The van der Waals surface area contributed by atoms with Crippen LogP contribution in [-0.4, -0.2) is 21.5 Å². The lowest BCUT2D eigenvalue weighted by Gasteiger charge is -2.09. The van der Waals surface area contributed by atoms with Gasteiger partial charge in [-0.05, 0) is 29.6 Å². The van der Waals surface area contributed by atoms with Crippen LogP contribution >= 0.6 is 11.3 Å². The summed E-state index contributed by atoms with van der Waals surface area (Å²) < 4.78 is 28.5. The van der Waals surface area contributed by atoms with Gasteiger partial charge in [-0.1, -0.05) is 6.07 Å². The van der Waals surface area contributed by atoms with Crippen LogP contribution in [0.5, 0.6) is 0 Å². The Morgan fingerprint density at radius 1 is 1.22 bits per heavy atom. The Balaban J connectivity index is 1.82. The summed E-state index contributed by atoms with van der Waals surface area (Å²) in [5, 5.41) is 18.6. The number of hydrogen-bond donors (Lipinski definition) is 2. The standard InChI is InChI=1S/C16H15F2N3OS/c17-12-3-4-13(18)11(8-12)10-19-16-9-14(15-2-1-7-23-15)20-21(16)5-6-22/h1-4,7-9,19,22H,5-6,10H2. The number of nitrogens with one attached hydrogen (secondary N) is 1. The predicted molar refractivity (Wildman–Crippen MR) is 86.3 cm³/mol. The smallest absolute Gasteiger partial charge is 0.128 e. The van der Waals surface area contributed by atoms with Crippen LogP contribution in [0.25, 0.3) is 10.6 Å². The fourth-order valence-corrected chi connectivity index (χ4v) is 2.91. The van der Waals surface area contributed by atoms with E-state index in [2.05, 4.69) is 10.4 Å². The van der Waals surface area contributed by atoms with Crippen LogP contribution in [-0.2, 0) is 13.1 Å². The lowest BCUT2D eigenvalue weighted by Crippen LogP contribution is -2.11. The molecular formula is C16H15F2N3OS. The molecule has 0 bridgehead atoms. The lowest BCUT2D eigenvalue weighted by molar-refractivity contribution is 0.270. The van der Waals surface area contributed by atoms with E-state index >= 15 is 0 Å². The number of aromatic nitrogens is 2. The van der Waals surface area contributed by atoms with Crippen LogP contribution in [0.3, 0.4) is 0 Å². The molecule has 0 aliphatic rings. The first-order chi connectivity index (χ1) is 11.2. The second kappa shape index (κ2) is 6.89. The highest BCUT2D eigenvalue weighted by molar-refractivity contribution is 7.13. The van der Waals surface area contributed by atoms with Gasteiger partial charge in [0.05, 0.1) is 18.0 Å². The summed E-state index contributed by atoms with van der Waals surface area (Å²) in [5.41, 5.74) is 1.01. The van der Waals surface area contributed by atoms with Crippen molar-refractivity contribution < 1.29 is 13.9 Å². The maximum atomic E-state index is 13.7. The number of anilines is 1. The monoisotopic (exact) mass is 335 g/mol. The first kappa shape index (κ1) is 15.6. The summed E-state index contributed by atoms with van der Waals surface area (Å²) in [6.07, 6.45) is 0. The van der Waals surface area contributed by atoms with Crippen molar-refractivity contribution in [3.63, 3.8) is 0 Å². The summed E-state index contributed by atoms with van der Waals surface area (Å²) >= 11 is 1.56. The van der Waals surface area contributed by atoms with Gasteiger partial charge in [0, 0.05) is 18.2 Å². The molecule has 120 valence electrons. The summed E-state index contributed by atoms with van der Waals surface area (Å²) in [5.74, 6) is -0.303. The Morgan fingerprint density at radius 2 is 2.09 bits per heavy atom. The highest BCUT2D eigenvalue weighted by Gasteiger charge is 2.11. The van der Waals surface area contributed by atoms with Crippen molar-refractivity contribution in [3.8, 4) is 10.6 Å². The summed E-state index contributed by atoms with van der Waals surface area (Å²) in [4.78, 5) is 1.00. The number of thiophene rings is 1. The second-order valence-corrected chi connectivity index (χ2v) is 5.88. The molecule has 0 radical (unpaired) electrons. The van der Waals surface area contributed by atoms with Gasteiger partial charge in [0.25, 0.3) is 0 Å². The number of aliphatic hydroxyl groups is 1. The average Bonchev–Trinajstić information content (AvgIpc) is 3.18. The van der Waals surface area contributed by atoms with E-state index in [1.165, 1.54) is 0 Å². The first-order valence-corrected chi connectivity index (χ1v) is 7.95. The first-order valence-electron chi connectivity index (χ1n) is 7.08. The Kier molecular flexibility index (Phi) is 4.68. The minimum absolute atomic E-state index is 0.0609. The van der Waals surface area contributed by atoms with Crippen LogP contribution in [0, 0.1) is 11.6 Å². The van der Waals surface area contributed by atoms with Gasteiger partial charge in [-0.2, -0.15) is 5.10 Å². The molecule has 0 saturated carbocycles. The van der Waals surface area contributed by atoms with E-state index in [1.807, 2.05) is 23.6 Å². The largest absolute Gasteiger partial charge is 0.394 e. The molecule has 0 unspecified atom stereocenters. The van der Waals surface area contributed by atoms with Gasteiger partial charge in [-0.15, -0.1) is 11.3 Å². The molecular weight excluding hydrogens is 320 g/mol. The van der Waals surface area contributed by atoms with E-state index < -0.39 is 11.6 Å². The molecule has 2 N–H and O–H groups in total. The second-order valence-electron chi connectivity index (χ2n) is 4.93. The van der Waals surface area contributed by atoms with Gasteiger partial charge in [0.1, 0.15) is 23.1 Å². The Hall–Kier alpha value is -2.25. The minimum Gasteiger partial charge on any atom is -0.394 e. The van der Waals surface area contributed by atoms with Gasteiger partial charge >= 0.3 is 0 Å². The summed E-state index contributed by atoms with van der Waals surface area (Å²) in [7, 11) is 0. The quantitative estimate of drug-likeness (QED) is 0.725. The molecule has 3 aromatic rings. The molecule has 0 spiro atoms. The van der Waals surface area contributed by atoms with E-state index in [1.54, 1.807) is 16.0 Å². The van der Waals surface area contributed by atoms with Crippen LogP contribution in [0.15, 0.2) is 41.8 Å². The molecule has 0 atom stereocenters. The predicted octanol–water partition coefficient (Wildman–Crippen LogP) is 3.49. The van der Waals surface area contributed by atoms with Crippen molar-refractivity contribution in [1.82, 2.24) is 9.78 Å². The number of nitrogens with zero attached hydrogens (tertiary/aromatic N) is 2. The molecule has 0 aliphatic carbocycles. The SMILES string of the molecule is OCCn1nc(-c2cccs2)cc1NCc1cc(F)ccc1F. The summed E-state index contributed by atoms with van der Waals surface area (Å²) in [6.45, 7) is 0.387. The Labute approximate surface area is 136 Å². The highest BCUT2D eigenvalue weighted by Crippen LogP contribution is 2.26. The molecule has 3 rings (SSSR count). The van der Waals surface area contributed by atoms with Gasteiger partial charge < -0.3 is 10.4 Å². The maximum absolute atomic E-state index is 13.7. The van der Waals surface area contributed by atoms with Crippen molar-refractivity contribution in [2.24, 2.45) is 0 Å². The number of benzene rings is 1. The third-order valence-corrected chi connectivity index (χ3v) is 4.23. The molecule has 2 heterocycles. The van der Waals surface area contributed by atoms with Gasteiger partial charge in [0.2, 0.25) is 0 Å². The zero-order valence-corrected chi connectivity index (χ0v) is 13.0. The zero-order valence-electron chi connectivity index (χ0n) is 12.2. The molecule has 23 heavy (non-hydrogen) atoms. The van der Waals surface area contributed by atoms with Crippen molar-refractivity contribution in [2.45, 2.75) is 13.1 Å². The van der Waals surface area contributed by atoms with E-state index in [4.69, 9.17) is 5.11 Å². The molecule has 4 nitrogen and oxygen atoms in total. The summed E-state index contributed by atoms with van der Waals surface area (Å²) in [6, 6.07) is 9.07. The zero-order chi connectivity index (χ0) is 16.2. The van der Waals surface area contributed by atoms with E-state index in [9.17, 15) is 8.78 Å². The van der Waals surface area contributed by atoms with Crippen molar-refractivity contribution in [2.75, 3.05) is 11.9 Å². The molecule has 0 saturated heterocycles. The van der Waals surface area contributed by atoms with Crippen LogP contribution in [0.2, 0.25) is 0 Å². The van der Waals surface area contributed by atoms with Crippen molar-refractivity contribution >= 4 is 17.2 Å². The third kappa shape index (κ3) is 3.57. The van der Waals surface area contributed by atoms with Crippen LogP contribution < -0.4 is 5.32 Å². The van der Waals surface area contributed by atoms with E-state index in [0.717, 1.165) is 28.8 Å². The van der Waals surface area contributed by atoms with E-state index in [-0.39, 0.29) is 18.7 Å². The molecule has 0 fully saturated rings. The number of aliphatic hydroxyl groups excluding tert-OH is 1. The number of rotatable bonds is 6. The van der Waals surface area contributed by atoms with Gasteiger partial charge in [-0.25, -0.2) is 13.5 Å². The molecule has 0 amide bonds. The highest BCUT2D eigenvalue weighted by atomic mass is 32.1. The molecule has 2 aromatic heterocycles. The fourth-order valence-electron chi connectivity index (χ4n) is 2.23. The van der Waals surface area contributed by atoms with Crippen molar-refractivity contribution in [3.05, 3.63) is 59.0 Å². The third-order valence-electron chi connectivity index (χ3n) is 3.33. The van der Waals surface area contributed by atoms with Gasteiger partial charge in [0.15, 0.2) is 0 Å². The number of hydrogen-bond acceptors (Lipinski definition) is 4. The molecule has 7 heteroatoms. The lowest BCUT2D eigenvalue weighted by atomic mass is 10.2. The maximum Gasteiger partial charge on any atom is 0.128 e. The van der Waals surface area contributed by atoms with Crippen molar-refractivity contribution in [1.29, 1.82) is 0 Å². The van der Waals surface area contributed by atoms with Gasteiger partial charge in [-0.3, -0.25) is 0 Å². The van der Waals surface area contributed by atoms with Crippen LogP contribution in [0.1, 0.15) is 5.56 Å². The van der Waals surface area contributed by atoms with E-state index in [0.29, 0.717) is 12.4 Å². The number of halogens is 2. The normalized spacial score (nSPS) is 10.9. The fraction of sp³-hybridized carbons (Fsp3) is 0.188. The topological polar surface area (TPSA) is 50.1 Å². The molecule has 1 aromatic carbocycles. The average molecular weight is 335 g/mol.